The van der Waals surface area contributed by atoms with E-state index in [1.807, 2.05) is 18.7 Å². The Labute approximate surface area is 121 Å². The van der Waals surface area contributed by atoms with E-state index >= 15 is 0 Å². The third-order valence-corrected chi connectivity index (χ3v) is 3.91. The minimum absolute atomic E-state index is 0.0731. The second kappa shape index (κ2) is 8.12. The van der Waals surface area contributed by atoms with E-state index in [9.17, 15) is 9.59 Å². The quantitative estimate of drug-likeness (QED) is 0.782. The van der Waals surface area contributed by atoms with Crippen molar-refractivity contribution in [3.05, 3.63) is 0 Å². The zero-order valence-corrected chi connectivity index (χ0v) is 13.0. The highest BCUT2D eigenvalue weighted by atomic mass is 16.4. The van der Waals surface area contributed by atoms with E-state index in [0.29, 0.717) is 18.9 Å². The van der Waals surface area contributed by atoms with Gasteiger partial charge in [-0.3, -0.25) is 4.79 Å². The normalized spacial score (nSPS) is 18.6. The second-order valence-corrected chi connectivity index (χ2v) is 5.96. The molecule has 0 radical (unpaired) electrons. The van der Waals surface area contributed by atoms with Crippen molar-refractivity contribution in [3.63, 3.8) is 0 Å². The summed E-state index contributed by atoms with van der Waals surface area (Å²) in [6.07, 6.45) is 4.09. The average molecular weight is 284 g/mol. The van der Waals surface area contributed by atoms with Crippen LogP contribution in [0.3, 0.4) is 0 Å². The van der Waals surface area contributed by atoms with Crippen molar-refractivity contribution < 1.29 is 14.7 Å². The number of carbonyl (C=O) groups excluding carboxylic acids is 1. The van der Waals surface area contributed by atoms with Gasteiger partial charge in [-0.1, -0.05) is 13.3 Å². The number of carbonyl (C=O) groups is 2. The van der Waals surface area contributed by atoms with Crippen LogP contribution in [0.4, 0.5) is 4.79 Å². The molecule has 0 aliphatic carbocycles. The van der Waals surface area contributed by atoms with Crippen LogP contribution in [0.15, 0.2) is 0 Å². The summed E-state index contributed by atoms with van der Waals surface area (Å²) in [5.41, 5.74) is 0. The molecule has 0 aromatic rings. The van der Waals surface area contributed by atoms with Gasteiger partial charge in [-0.15, -0.1) is 0 Å². The van der Waals surface area contributed by atoms with E-state index in [-0.39, 0.29) is 18.5 Å². The monoisotopic (exact) mass is 284 g/mol. The summed E-state index contributed by atoms with van der Waals surface area (Å²) >= 11 is 0. The number of urea groups is 1. The van der Waals surface area contributed by atoms with Gasteiger partial charge in [0.05, 0.1) is 0 Å². The molecule has 116 valence electrons. The first-order valence-corrected chi connectivity index (χ1v) is 7.73. The van der Waals surface area contributed by atoms with Gasteiger partial charge in [0.15, 0.2) is 0 Å². The predicted molar refractivity (Wildman–Crippen MR) is 78.7 cm³/mol. The van der Waals surface area contributed by atoms with E-state index in [0.717, 1.165) is 19.5 Å². The van der Waals surface area contributed by atoms with Crippen LogP contribution in [-0.4, -0.2) is 52.6 Å². The largest absolute Gasteiger partial charge is 0.481 e. The van der Waals surface area contributed by atoms with Crippen LogP contribution in [0, 0.1) is 5.92 Å². The van der Waals surface area contributed by atoms with Crippen molar-refractivity contribution in [1.29, 1.82) is 0 Å². The van der Waals surface area contributed by atoms with Gasteiger partial charge in [-0.05, 0) is 39.0 Å². The van der Waals surface area contributed by atoms with Crippen LogP contribution < -0.4 is 0 Å². The molecule has 2 amide bonds. The summed E-state index contributed by atoms with van der Waals surface area (Å²) in [6, 6.07) is 0.186. The van der Waals surface area contributed by atoms with Crippen LogP contribution >= 0.6 is 0 Å². The minimum atomic E-state index is -0.801. The number of amides is 2. The van der Waals surface area contributed by atoms with Gasteiger partial charge in [-0.2, -0.15) is 0 Å². The molecule has 1 fully saturated rings. The lowest BCUT2D eigenvalue weighted by molar-refractivity contribution is -0.137. The molecular weight excluding hydrogens is 256 g/mol. The number of likely N-dealkylation sites (tertiary alicyclic amines) is 1. The fourth-order valence-corrected chi connectivity index (χ4v) is 2.81. The predicted octanol–water partition coefficient (Wildman–Crippen LogP) is 2.80. The van der Waals surface area contributed by atoms with E-state index in [4.69, 9.17) is 5.11 Å². The molecule has 1 aliphatic rings. The smallest absolute Gasteiger partial charge is 0.320 e. The number of hydrogen-bond donors (Lipinski definition) is 1. The lowest BCUT2D eigenvalue weighted by Crippen LogP contribution is -2.46. The van der Waals surface area contributed by atoms with E-state index < -0.39 is 5.97 Å². The molecule has 0 spiro atoms. The third kappa shape index (κ3) is 5.02. The van der Waals surface area contributed by atoms with Crippen LogP contribution in [0.2, 0.25) is 0 Å². The highest BCUT2D eigenvalue weighted by Crippen LogP contribution is 2.22. The fourth-order valence-electron chi connectivity index (χ4n) is 2.81. The number of hydrogen-bond acceptors (Lipinski definition) is 2. The summed E-state index contributed by atoms with van der Waals surface area (Å²) in [5.74, 6) is -0.165. The van der Waals surface area contributed by atoms with Crippen LogP contribution in [0.5, 0.6) is 0 Å². The maximum atomic E-state index is 12.5. The average Bonchev–Trinajstić information content (AvgIpc) is 2.82. The Morgan fingerprint density at radius 2 is 2.10 bits per heavy atom. The van der Waals surface area contributed by atoms with E-state index in [1.54, 1.807) is 4.90 Å². The molecule has 0 aromatic heterocycles. The molecule has 5 nitrogen and oxygen atoms in total. The second-order valence-electron chi connectivity index (χ2n) is 5.96. The lowest BCUT2D eigenvalue weighted by atomic mass is 10.0. The Balaban J connectivity index is 2.50. The van der Waals surface area contributed by atoms with Crippen molar-refractivity contribution in [2.75, 3.05) is 19.6 Å². The molecule has 0 aromatic carbocycles. The molecule has 1 saturated heterocycles. The highest BCUT2D eigenvalue weighted by Gasteiger charge is 2.29. The standard InChI is InChI=1S/C15H28N2O3/c1-4-6-13-8-10-16(11-13)15(20)17(12(2)3)9-5-7-14(18)19/h12-13H,4-11H2,1-3H3,(H,18,19). The summed E-state index contributed by atoms with van der Waals surface area (Å²) in [5, 5.41) is 8.70. The number of rotatable bonds is 7. The molecule has 0 saturated carbocycles. The van der Waals surface area contributed by atoms with Gasteiger partial charge in [0, 0.05) is 32.1 Å². The zero-order valence-electron chi connectivity index (χ0n) is 13.0. The first-order chi connectivity index (χ1) is 9.45. The van der Waals surface area contributed by atoms with Gasteiger partial charge < -0.3 is 14.9 Å². The lowest BCUT2D eigenvalue weighted by Gasteiger charge is -2.31. The molecule has 1 N–H and O–H groups in total. The summed E-state index contributed by atoms with van der Waals surface area (Å²) in [4.78, 5) is 26.8. The Morgan fingerprint density at radius 1 is 1.40 bits per heavy atom. The maximum absolute atomic E-state index is 12.5. The molecule has 1 aliphatic heterocycles. The molecule has 5 heteroatoms. The minimum Gasteiger partial charge on any atom is -0.481 e. The van der Waals surface area contributed by atoms with Gasteiger partial charge in [0.2, 0.25) is 0 Å². The summed E-state index contributed by atoms with van der Waals surface area (Å²) in [6.45, 7) is 8.37. The maximum Gasteiger partial charge on any atom is 0.320 e. The Kier molecular flexibility index (Phi) is 6.82. The Hall–Kier alpha value is -1.26. The molecule has 0 bridgehead atoms. The molecule has 1 heterocycles. The number of aliphatic carboxylic acids is 1. The van der Waals surface area contributed by atoms with Gasteiger partial charge >= 0.3 is 12.0 Å². The van der Waals surface area contributed by atoms with Crippen molar-refractivity contribution in [2.24, 2.45) is 5.92 Å². The third-order valence-electron chi connectivity index (χ3n) is 3.91. The summed E-state index contributed by atoms with van der Waals surface area (Å²) < 4.78 is 0. The SMILES string of the molecule is CCCC1CCN(C(=O)N(CCCC(=O)O)C(C)C)C1. The van der Waals surface area contributed by atoms with E-state index in [1.165, 1.54) is 12.8 Å². The van der Waals surface area contributed by atoms with Crippen LogP contribution in [0.25, 0.3) is 0 Å². The van der Waals surface area contributed by atoms with Crippen molar-refractivity contribution >= 4 is 12.0 Å². The van der Waals surface area contributed by atoms with E-state index in [2.05, 4.69) is 6.92 Å². The Bertz CT molecular complexity index is 331. The van der Waals surface area contributed by atoms with Crippen LogP contribution in [-0.2, 0) is 4.79 Å². The zero-order chi connectivity index (χ0) is 15.1. The fraction of sp³-hybridized carbons (Fsp3) is 0.867. The number of carboxylic acid groups (broad SMARTS) is 1. The first kappa shape index (κ1) is 16.8. The van der Waals surface area contributed by atoms with Gasteiger partial charge in [0.25, 0.3) is 0 Å². The van der Waals surface area contributed by atoms with Gasteiger partial charge in [0.1, 0.15) is 0 Å². The number of nitrogens with zero attached hydrogens (tertiary/aromatic N) is 2. The van der Waals surface area contributed by atoms with Crippen molar-refractivity contribution in [1.82, 2.24) is 9.80 Å². The van der Waals surface area contributed by atoms with Gasteiger partial charge in [-0.25, -0.2) is 4.79 Å². The van der Waals surface area contributed by atoms with Crippen LogP contribution in [0.1, 0.15) is 52.9 Å². The molecule has 1 unspecified atom stereocenters. The topological polar surface area (TPSA) is 60.9 Å². The summed E-state index contributed by atoms with van der Waals surface area (Å²) in [7, 11) is 0. The first-order valence-electron chi connectivity index (χ1n) is 7.73. The van der Waals surface area contributed by atoms with Crippen molar-refractivity contribution in [3.8, 4) is 0 Å². The molecule has 1 rings (SSSR count). The molecular formula is C15H28N2O3. The number of carboxylic acids is 1. The molecule has 20 heavy (non-hydrogen) atoms. The Morgan fingerprint density at radius 3 is 2.65 bits per heavy atom. The highest BCUT2D eigenvalue weighted by molar-refractivity contribution is 5.75. The molecule has 1 atom stereocenters. The van der Waals surface area contributed by atoms with Crippen molar-refractivity contribution in [2.45, 2.75) is 58.9 Å².